The fraction of sp³-hybridized carbons (Fsp3) is 0.889. The van der Waals surface area contributed by atoms with Crippen LogP contribution in [0.4, 0.5) is 0 Å². The molecule has 1 heterocycles. The molecule has 0 bridgehead atoms. The standard InChI is InChI=1S/C27H51N3/c1-2-3-4-5-6-7-8-9-10-11-12-13-14-15-16-17-18-19-20-21-22-23-24-27-29-25-28-26-30-27/h25-26H,2-24H2,1H3. The van der Waals surface area contributed by atoms with E-state index in [0.29, 0.717) is 0 Å². The van der Waals surface area contributed by atoms with Crippen molar-refractivity contribution in [3.8, 4) is 0 Å². The van der Waals surface area contributed by atoms with Crippen LogP contribution in [0.1, 0.15) is 154 Å². The van der Waals surface area contributed by atoms with Crippen molar-refractivity contribution in [1.82, 2.24) is 15.0 Å². The van der Waals surface area contributed by atoms with Gasteiger partial charge in [-0.05, 0) is 6.42 Å². The zero-order valence-electron chi connectivity index (χ0n) is 20.3. The maximum Gasteiger partial charge on any atom is 0.131 e. The third-order valence-corrected chi connectivity index (χ3v) is 6.30. The van der Waals surface area contributed by atoms with E-state index in [4.69, 9.17) is 0 Å². The molecule has 0 aliphatic heterocycles. The minimum Gasteiger partial charge on any atom is -0.225 e. The Balaban J connectivity index is 1.65. The van der Waals surface area contributed by atoms with Gasteiger partial charge in [-0.3, -0.25) is 0 Å². The lowest BCUT2D eigenvalue weighted by Gasteiger charge is -2.04. The highest BCUT2D eigenvalue weighted by Crippen LogP contribution is 2.15. The van der Waals surface area contributed by atoms with Crippen LogP contribution in [0, 0.1) is 0 Å². The van der Waals surface area contributed by atoms with Crippen LogP contribution < -0.4 is 0 Å². The zero-order chi connectivity index (χ0) is 21.4. The van der Waals surface area contributed by atoms with E-state index in [1.54, 1.807) is 12.7 Å². The van der Waals surface area contributed by atoms with E-state index in [9.17, 15) is 0 Å². The van der Waals surface area contributed by atoms with Gasteiger partial charge in [0.2, 0.25) is 0 Å². The number of aromatic nitrogens is 3. The van der Waals surface area contributed by atoms with Crippen LogP contribution in [0.3, 0.4) is 0 Å². The van der Waals surface area contributed by atoms with E-state index in [0.717, 1.165) is 12.2 Å². The van der Waals surface area contributed by atoms with Gasteiger partial charge in [0, 0.05) is 6.42 Å². The Kier molecular flexibility index (Phi) is 20.5. The average molecular weight is 418 g/mol. The Morgan fingerprint density at radius 1 is 0.433 bits per heavy atom. The summed E-state index contributed by atoms with van der Waals surface area (Å²) in [6, 6.07) is 0. The van der Waals surface area contributed by atoms with Gasteiger partial charge < -0.3 is 0 Å². The highest BCUT2D eigenvalue weighted by Gasteiger charge is 1.97. The van der Waals surface area contributed by atoms with Gasteiger partial charge >= 0.3 is 0 Å². The molecule has 1 aromatic heterocycles. The molecule has 30 heavy (non-hydrogen) atoms. The first-order valence-corrected chi connectivity index (χ1v) is 13.5. The molecule has 0 radical (unpaired) electrons. The summed E-state index contributed by atoms with van der Waals surface area (Å²) in [5, 5.41) is 0. The van der Waals surface area contributed by atoms with Crippen LogP contribution in [0.5, 0.6) is 0 Å². The molecule has 3 heteroatoms. The van der Waals surface area contributed by atoms with Crippen molar-refractivity contribution >= 4 is 0 Å². The molecule has 0 aliphatic rings. The van der Waals surface area contributed by atoms with Gasteiger partial charge in [0.25, 0.3) is 0 Å². The molecule has 1 aromatic rings. The summed E-state index contributed by atoms with van der Waals surface area (Å²) in [5.74, 6) is 0.943. The number of hydrogen-bond acceptors (Lipinski definition) is 3. The fourth-order valence-electron chi connectivity index (χ4n) is 4.28. The summed E-state index contributed by atoms with van der Waals surface area (Å²) >= 11 is 0. The molecule has 0 unspecified atom stereocenters. The Bertz CT molecular complexity index is 435. The highest BCUT2D eigenvalue weighted by molar-refractivity contribution is 4.80. The topological polar surface area (TPSA) is 38.7 Å². The molecule has 0 atom stereocenters. The van der Waals surface area contributed by atoms with Gasteiger partial charge in [-0.25, -0.2) is 15.0 Å². The van der Waals surface area contributed by atoms with Crippen LogP contribution in [0.2, 0.25) is 0 Å². The first-order valence-electron chi connectivity index (χ1n) is 13.5. The van der Waals surface area contributed by atoms with Crippen molar-refractivity contribution in [2.75, 3.05) is 0 Å². The molecule has 0 saturated heterocycles. The third kappa shape index (κ3) is 19.0. The summed E-state index contributed by atoms with van der Waals surface area (Å²) in [4.78, 5) is 12.2. The van der Waals surface area contributed by atoms with Crippen LogP contribution in [-0.4, -0.2) is 15.0 Å². The molecule has 0 spiro atoms. The molecule has 0 aromatic carbocycles. The monoisotopic (exact) mass is 417 g/mol. The summed E-state index contributed by atoms with van der Waals surface area (Å²) in [6.07, 6.45) is 35.7. The van der Waals surface area contributed by atoms with Gasteiger partial charge in [0.1, 0.15) is 18.5 Å². The quantitative estimate of drug-likeness (QED) is 0.167. The van der Waals surface area contributed by atoms with Gasteiger partial charge in [-0.1, -0.05) is 142 Å². The Labute approximate surface area is 188 Å². The third-order valence-electron chi connectivity index (χ3n) is 6.30. The predicted octanol–water partition coefficient (Wildman–Crippen LogP) is 9.02. The molecule has 1 rings (SSSR count). The van der Waals surface area contributed by atoms with Crippen molar-refractivity contribution in [2.24, 2.45) is 0 Å². The van der Waals surface area contributed by atoms with Crippen LogP contribution >= 0.6 is 0 Å². The lowest BCUT2D eigenvalue weighted by Crippen LogP contribution is -1.94. The Morgan fingerprint density at radius 3 is 1.07 bits per heavy atom. The van der Waals surface area contributed by atoms with Gasteiger partial charge in [0.15, 0.2) is 0 Å². The van der Waals surface area contributed by atoms with Crippen molar-refractivity contribution in [3.63, 3.8) is 0 Å². The number of rotatable bonds is 23. The largest absolute Gasteiger partial charge is 0.225 e. The van der Waals surface area contributed by atoms with Crippen molar-refractivity contribution in [1.29, 1.82) is 0 Å². The maximum absolute atomic E-state index is 4.18. The zero-order valence-corrected chi connectivity index (χ0v) is 20.3. The first kappa shape index (κ1) is 27.0. The van der Waals surface area contributed by atoms with Gasteiger partial charge in [0.05, 0.1) is 0 Å². The van der Waals surface area contributed by atoms with Crippen LogP contribution in [0.25, 0.3) is 0 Å². The Hall–Kier alpha value is -0.990. The Morgan fingerprint density at radius 2 is 0.733 bits per heavy atom. The average Bonchev–Trinajstić information content (AvgIpc) is 2.78. The number of hydrogen-bond donors (Lipinski definition) is 0. The predicted molar refractivity (Wildman–Crippen MR) is 131 cm³/mol. The van der Waals surface area contributed by atoms with Crippen molar-refractivity contribution in [2.45, 2.75) is 155 Å². The molecular formula is C27H51N3. The minimum atomic E-state index is 0.943. The number of nitrogens with zero attached hydrogens (tertiary/aromatic N) is 3. The number of unbranched alkanes of at least 4 members (excludes halogenated alkanes) is 21. The van der Waals surface area contributed by atoms with Crippen molar-refractivity contribution < 1.29 is 0 Å². The number of aryl methyl sites for hydroxylation is 1. The van der Waals surface area contributed by atoms with Crippen LogP contribution in [0.15, 0.2) is 12.7 Å². The van der Waals surface area contributed by atoms with E-state index in [2.05, 4.69) is 21.9 Å². The highest BCUT2D eigenvalue weighted by atomic mass is 15.0. The SMILES string of the molecule is CCCCCCCCCCCCCCCCCCCCCCCCc1ncncn1. The molecule has 0 N–H and O–H groups in total. The van der Waals surface area contributed by atoms with E-state index in [1.165, 1.54) is 141 Å². The second-order valence-corrected chi connectivity index (χ2v) is 9.23. The van der Waals surface area contributed by atoms with Gasteiger partial charge in [-0.2, -0.15) is 0 Å². The lowest BCUT2D eigenvalue weighted by atomic mass is 10.0. The first-order chi connectivity index (χ1) is 14.9. The van der Waals surface area contributed by atoms with E-state index >= 15 is 0 Å². The summed E-state index contributed by atoms with van der Waals surface area (Å²) in [6.45, 7) is 2.30. The fourth-order valence-corrected chi connectivity index (χ4v) is 4.28. The summed E-state index contributed by atoms with van der Waals surface area (Å²) < 4.78 is 0. The summed E-state index contributed by atoms with van der Waals surface area (Å²) in [5.41, 5.74) is 0. The molecule has 0 saturated carbocycles. The smallest absolute Gasteiger partial charge is 0.131 e. The van der Waals surface area contributed by atoms with E-state index in [1.807, 2.05) is 0 Å². The molecule has 3 nitrogen and oxygen atoms in total. The van der Waals surface area contributed by atoms with Crippen LogP contribution in [-0.2, 0) is 6.42 Å². The molecule has 0 amide bonds. The summed E-state index contributed by atoms with van der Waals surface area (Å²) in [7, 11) is 0. The van der Waals surface area contributed by atoms with E-state index in [-0.39, 0.29) is 0 Å². The molecule has 0 fully saturated rings. The normalized spacial score (nSPS) is 11.2. The molecule has 174 valence electrons. The second kappa shape index (κ2) is 22.7. The second-order valence-electron chi connectivity index (χ2n) is 9.23. The lowest BCUT2D eigenvalue weighted by molar-refractivity contribution is 0.519. The van der Waals surface area contributed by atoms with Gasteiger partial charge in [-0.15, -0.1) is 0 Å². The molecular weight excluding hydrogens is 366 g/mol. The maximum atomic E-state index is 4.18. The van der Waals surface area contributed by atoms with E-state index < -0.39 is 0 Å². The minimum absolute atomic E-state index is 0.943. The molecule has 0 aliphatic carbocycles. The van der Waals surface area contributed by atoms with Crippen molar-refractivity contribution in [3.05, 3.63) is 18.5 Å².